The molecule has 0 atom stereocenters. The number of benzene rings is 9. The lowest BCUT2D eigenvalue weighted by molar-refractivity contribution is 0.0910. The van der Waals surface area contributed by atoms with Crippen molar-refractivity contribution in [1.29, 1.82) is 0 Å². The topological polar surface area (TPSA) is 84.6 Å². The Kier molecular flexibility index (Phi) is 8.04. The molecule has 0 saturated carbocycles. The molecule has 0 saturated heterocycles. The highest BCUT2D eigenvalue weighted by atomic mass is 16.2. The summed E-state index contributed by atoms with van der Waals surface area (Å²) in [6, 6.07) is 66.4. The van der Waals surface area contributed by atoms with Gasteiger partial charge < -0.3 is 9.13 Å². The number of hydrogen-bond acceptors (Lipinski definition) is 4. The molecule has 4 heterocycles. The molecule has 9 aromatic carbocycles. The van der Waals surface area contributed by atoms with Gasteiger partial charge in [0.15, 0.2) is 0 Å². The smallest absolute Gasteiger partial charge is 0.266 e. The molecule has 13 rings (SSSR count). The van der Waals surface area contributed by atoms with Crippen molar-refractivity contribution < 1.29 is 19.2 Å². The zero-order valence-electron chi connectivity index (χ0n) is 35.1. The molecule has 66 heavy (non-hydrogen) atoms. The minimum Gasteiger partial charge on any atom is -0.309 e. The van der Waals surface area contributed by atoms with Crippen LogP contribution in [0.4, 0.5) is 11.4 Å². The number of carbonyl (C=O) groups excluding carboxylic acids is 4. The summed E-state index contributed by atoms with van der Waals surface area (Å²) in [5.74, 6) is -1.50. The van der Waals surface area contributed by atoms with Crippen LogP contribution in [0.5, 0.6) is 0 Å². The quantitative estimate of drug-likeness (QED) is 0.156. The SMILES string of the molecule is O=C1c2ccc(-c3c4c5ccccc5n(-c5ccccc5)c4c(-c4ccc5c(c4)C(=O)N(c4ccccc4)C5=O)c4c5ccccc5n(-c5ccccc5)c34)cc2C(=O)N1c1ccccc1. The molecule has 8 nitrogen and oxygen atoms in total. The van der Waals surface area contributed by atoms with Crippen LogP contribution in [-0.2, 0) is 0 Å². The zero-order valence-corrected chi connectivity index (χ0v) is 35.1. The number of fused-ring (bicyclic) bond motifs is 8. The van der Waals surface area contributed by atoms with Crippen LogP contribution in [0, 0.1) is 0 Å². The number of rotatable bonds is 6. The monoisotopic (exact) mass is 850 g/mol. The summed E-state index contributed by atoms with van der Waals surface area (Å²) in [5.41, 5.74) is 11.1. The van der Waals surface area contributed by atoms with E-state index in [0.29, 0.717) is 33.6 Å². The third kappa shape index (κ3) is 5.20. The third-order valence-corrected chi connectivity index (χ3v) is 13.1. The second kappa shape index (κ2) is 14.2. The first-order valence-electron chi connectivity index (χ1n) is 21.8. The Labute approximate surface area is 377 Å². The Morgan fingerprint density at radius 3 is 0.985 bits per heavy atom. The van der Waals surface area contributed by atoms with E-state index in [2.05, 4.69) is 57.7 Å². The predicted octanol–water partition coefficient (Wildman–Crippen LogP) is 12.8. The van der Waals surface area contributed by atoms with E-state index in [-0.39, 0.29) is 23.6 Å². The first-order chi connectivity index (χ1) is 32.5. The Bertz CT molecular complexity index is 3640. The van der Waals surface area contributed by atoms with E-state index in [4.69, 9.17) is 0 Å². The van der Waals surface area contributed by atoms with Crippen molar-refractivity contribution in [1.82, 2.24) is 9.13 Å². The lowest BCUT2D eigenvalue weighted by Crippen LogP contribution is -2.29. The van der Waals surface area contributed by atoms with Crippen LogP contribution in [-0.4, -0.2) is 32.8 Å². The van der Waals surface area contributed by atoms with Crippen molar-refractivity contribution in [2.45, 2.75) is 0 Å². The van der Waals surface area contributed by atoms with Gasteiger partial charge in [-0.15, -0.1) is 0 Å². The van der Waals surface area contributed by atoms with E-state index in [0.717, 1.165) is 77.2 Å². The summed E-state index contributed by atoms with van der Waals surface area (Å²) < 4.78 is 4.57. The second-order valence-corrected chi connectivity index (χ2v) is 16.7. The molecule has 2 aliphatic heterocycles. The van der Waals surface area contributed by atoms with Crippen LogP contribution < -0.4 is 9.80 Å². The highest BCUT2D eigenvalue weighted by Crippen LogP contribution is 2.53. The first kappa shape index (κ1) is 37.4. The number of carbonyl (C=O) groups is 4. The number of hydrogen-bond donors (Lipinski definition) is 0. The van der Waals surface area contributed by atoms with E-state index in [9.17, 15) is 19.2 Å². The third-order valence-electron chi connectivity index (χ3n) is 13.1. The predicted molar refractivity (Wildman–Crippen MR) is 261 cm³/mol. The number of para-hydroxylation sites is 6. The van der Waals surface area contributed by atoms with Crippen LogP contribution in [0.1, 0.15) is 41.4 Å². The molecule has 11 aromatic rings. The van der Waals surface area contributed by atoms with E-state index in [1.54, 1.807) is 36.4 Å². The number of imide groups is 2. The highest BCUT2D eigenvalue weighted by molar-refractivity contribution is 6.38. The highest BCUT2D eigenvalue weighted by Gasteiger charge is 2.39. The van der Waals surface area contributed by atoms with Crippen molar-refractivity contribution in [3.05, 3.63) is 229 Å². The van der Waals surface area contributed by atoms with Crippen LogP contribution in [0.25, 0.3) is 77.2 Å². The molecule has 2 aliphatic rings. The van der Waals surface area contributed by atoms with Crippen molar-refractivity contribution in [2.24, 2.45) is 0 Å². The molecule has 0 aliphatic carbocycles. The molecule has 0 N–H and O–H groups in total. The Morgan fingerprint density at radius 2 is 0.606 bits per heavy atom. The van der Waals surface area contributed by atoms with Gasteiger partial charge in [0.05, 0.1) is 55.7 Å². The van der Waals surface area contributed by atoms with Crippen LogP contribution in [0.2, 0.25) is 0 Å². The molecule has 0 unspecified atom stereocenters. The van der Waals surface area contributed by atoms with E-state index in [1.807, 2.05) is 121 Å². The number of aromatic nitrogens is 2. The molecule has 0 fully saturated rings. The molecular formula is C58H34N4O4. The van der Waals surface area contributed by atoms with Gasteiger partial charge in [0, 0.05) is 44.0 Å². The average Bonchev–Trinajstić information content (AvgIpc) is 4.05. The molecule has 4 amide bonds. The summed E-state index contributed by atoms with van der Waals surface area (Å²) >= 11 is 0. The zero-order chi connectivity index (χ0) is 44.2. The molecule has 310 valence electrons. The normalized spacial score (nSPS) is 13.5. The fourth-order valence-corrected chi connectivity index (χ4v) is 10.4. The van der Waals surface area contributed by atoms with Crippen molar-refractivity contribution in [3.8, 4) is 33.6 Å². The lowest BCUT2D eigenvalue weighted by atomic mass is 9.88. The minimum atomic E-state index is -0.385. The maximum absolute atomic E-state index is 14.5. The summed E-state index contributed by atoms with van der Waals surface area (Å²) in [5, 5.41) is 3.77. The van der Waals surface area contributed by atoms with E-state index in [1.165, 1.54) is 9.80 Å². The van der Waals surface area contributed by atoms with E-state index >= 15 is 0 Å². The van der Waals surface area contributed by atoms with Crippen LogP contribution in [0.3, 0.4) is 0 Å². The molecular weight excluding hydrogens is 817 g/mol. The summed E-state index contributed by atoms with van der Waals surface area (Å²) in [6.45, 7) is 0. The second-order valence-electron chi connectivity index (χ2n) is 16.7. The van der Waals surface area contributed by atoms with Gasteiger partial charge in [0.2, 0.25) is 0 Å². The molecule has 0 radical (unpaired) electrons. The fourth-order valence-electron chi connectivity index (χ4n) is 10.4. The average molecular weight is 851 g/mol. The van der Waals surface area contributed by atoms with Gasteiger partial charge in [-0.2, -0.15) is 0 Å². The fraction of sp³-hybridized carbons (Fsp3) is 0. The van der Waals surface area contributed by atoms with Crippen molar-refractivity contribution in [2.75, 3.05) is 9.80 Å². The molecule has 2 aromatic heterocycles. The summed E-state index contributed by atoms with van der Waals surface area (Å²) in [6.07, 6.45) is 0. The molecule has 8 heteroatoms. The van der Waals surface area contributed by atoms with Crippen molar-refractivity contribution in [3.63, 3.8) is 0 Å². The minimum absolute atomic E-state index is 0.325. The van der Waals surface area contributed by atoms with Gasteiger partial charge in [-0.25, -0.2) is 9.80 Å². The largest absolute Gasteiger partial charge is 0.309 e. The number of nitrogens with zero attached hydrogens (tertiary/aromatic N) is 4. The molecule has 0 spiro atoms. The maximum atomic E-state index is 14.5. The van der Waals surface area contributed by atoms with Gasteiger partial charge in [-0.1, -0.05) is 121 Å². The van der Waals surface area contributed by atoms with Gasteiger partial charge in [0.25, 0.3) is 23.6 Å². The number of anilines is 2. The van der Waals surface area contributed by atoms with Crippen LogP contribution >= 0.6 is 0 Å². The maximum Gasteiger partial charge on any atom is 0.266 e. The summed E-state index contributed by atoms with van der Waals surface area (Å²) in [7, 11) is 0. The Morgan fingerprint density at radius 1 is 0.288 bits per heavy atom. The number of amides is 4. The van der Waals surface area contributed by atoms with Crippen molar-refractivity contribution >= 4 is 78.6 Å². The van der Waals surface area contributed by atoms with Gasteiger partial charge in [-0.3, -0.25) is 19.2 Å². The van der Waals surface area contributed by atoms with Gasteiger partial charge >= 0.3 is 0 Å². The lowest BCUT2D eigenvalue weighted by Gasteiger charge is -2.19. The van der Waals surface area contributed by atoms with Crippen LogP contribution in [0.15, 0.2) is 206 Å². The van der Waals surface area contributed by atoms with Gasteiger partial charge in [0.1, 0.15) is 0 Å². The summed E-state index contributed by atoms with van der Waals surface area (Å²) in [4.78, 5) is 59.6. The molecule has 0 bridgehead atoms. The van der Waals surface area contributed by atoms with Gasteiger partial charge in [-0.05, 0) is 96.1 Å². The van der Waals surface area contributed by atoms with E-state index < -0.39 is 0 Å². The standard InChI is InChI=1S/C58H34N4O4/c63-55-41-31-29-35(33-45(41)57(65)61(55)39-21-9-3-10-22-39)49-52-44-26-14-16-28-48(44)60(38-19-7-2-8-20-38)54(52)50(51-43-25-13-15-27-47(43)59(53(49)51)37-17-5-1-6-18-37)36-30-32-42-46(34-36)58(66)62(56(42)64)40-23-11-4-12-24-40/h1-34H. The Balaban J connectivity index is 1.21. The first-order valence-corrected chi connectivity index (χ1v) is 21.8. The Hall–Kier alpha value is -9.14.